The summed E-state index contributed by atoms with van der Waals surface area (Å²) in [5.41, 5.74) is 0. The highest BCUT2D eigenvalue weighted by Crippen LogP contribution is 2.18. The lowest BCUT2D eigenvalue weighted by atomic mass is 9.95. The highest BCUT2D eigenvalue weighted by atomic mass is 32.2. The number of carbonyl (C=O) groups is 1. The minimum absolute atomic E-state index is 0.0366. The molecule has 20 heavy (non-hydrogen) atoms. The van der Waals surface area contributed by atoms with Gasteiger partial charge in [0.2, 0.25) is 15.9 Å². The highest BCUT2D eigenvalue weighted by molar-refractivity contribution is 7.89. The van der Waals surface area contributed by atoms with Crippen molar-refractivity contribution < 1.29 is 13.2 Å². The van der Waals surface area contributed by atoms with E-state index < -0.39 is 15.3 Å². The van der Waals surface area contributed by atoms with E-state index in [1.165, 1.54) is 32.1 Å². The van der Waals surface area contributed by atoms with E-state index in [-0.39, 0.29) is 18.9 Å². The first-order valence-electron chi connectivity index (χ1n) is 7.49. The number of primary sulfonamides is 1. The number of nitrogens with one attached hydrogen (secondary N) is 1. The minimum atomic E-state index is -3.59. The summed E-state index contributed by atoms with van der Waals surface area (Å²) in [7, 11) is -3.59. The van der Waals surface area contributed by atoms with Crippen LogP contribution in [-0.2, 0) is 14.8 Å². The summed E-state index contributed by atoms with van der Waals surface area (Å²) in [6, 6.07) is 0.621. The molecule has 0 aromatic heterocycles. The van der Waals surface area contributed by atoms with Gasteiger partial charge in [0, 0.05) is 25.6 Å². The Morgan fingerprint density at radius 1 is 1.25 bits per heavy atom. The zero-order valence-corrected chi connectivity index (χ0v) is 12.7. The van der Waals surface area contributed by atoms with E-state index in [2.05, 4.69) is 5.32 Å². The van der Waals surface area contributed by atoms with E-state index in [0.717, 1.165) is 13.0 Å². The van der Waals surface area contributed by atoms with Gasteiger partial charge in [0.1, 0.15) is 5.25 Å². The number of sulfonamides is 1. The van der Waals surface area contributed by atoms with Gasteiger partial charge in [-0.2, -0.15) is 0 Å². The fourth-order valence-corrected chi connectivity index (χ4v) is 3.82. The first-order valence-corrected chi connectivity index (χ1v) is 9.10. The van der Waals surface area contributed by atoms with Crippen molar-refractivity contribution >= 4 is 15.9 Å². The molecule has 0 spiro atoms. The van der Waals surface area contributed by atoms with Crippen molar-refractivity contribution in [3.05, 3.63) is 0 Å². The molecule has 6 nitrogen and oxygen atoms in total. The third-order valence-electron chi connectivity index (χ3n) is 4.29. The molecule has 0 aromatic rings. The van der Waals surface area contributed by atoms with E-state index in [9.17, 15) is 13.2 Å². The summed E-state index contributed by atoms with van der Waals surface area (Å²) in [6.07, 6.45) is 7.34. The molecule has 1 heterocycles. The normalized spacial score (nSPS) is 25.4. The minimum Gasteiger partial charge on any atom is -0.341 e. The van der Waals surface area contributed by atoms with Crippen molar-refractivity contribution in [2.24, 2.45) is 5.14 Å². The predicted molar refractivity (Wildman–Crippen MR) is 77.6 cm³/mol. The van der Waals surface area contributed by atoms with Gasteiger partial charge in [0.25, 0.3) is 0 Å². The SMILES string of the molecule is NS(=O)(=O)C1CC(=O)N(CCCNC2CCCCC2)C1. The number of rotatable bonds is 6. The Hall–Kier alpha value is -0.660. The molecule has 1 atom stereocenters. The summed E-state index contributed by atoms with van der Waals surface area (Å²) in [6.45, 7) is 1.75. The van der Waals surface area contributed by atoms with Crippen LogP contribution in [0.1, 0.15) is 44.9 Å². The summed E-state index contributed by atoms with van der Waals surface area (Å²) in [5.74, 6) is -0.0957. The number of likely N-dealkylation sites (tertiary alicyclic amines) is 1. The Morgan fingerprint density at radius 3 is 2.55 bits per heavy atom. The van der Waals surface area contributed by atoms with Crippen LogP contribution in [0.5, 0.6) is 0 Å². The molecule has 1 saturated heterocycles. The molecule has 1 saturated carbocycles. The molecule has 0 radical (unpaired) electrons. The van der Waals surface area contributed by atoms with E-state index in [0.29, 0.717) is 12.6 Å². The molecule has 1 aliphatic carbocycles. The fraction of sp³-hybridized carbons (Fsp3) is 0.923. The molecular formula is C13H25N3O3S. The van der Waals surface area contributed by atoms with Gasteiger partial charge in [-0.05, 0) is 25.8 Å². The average Bonchev–Trinajstić information content (AvgIpc) is 2.77. The highest BCUT2D eigenvalue weighted by Gasteiger charge is 2.35. The molecule has 1 aliphatic heterocycles. The quantitative estimate of drug-likeness (QED) is 0.685. The third kappa shape index (κ3) is 4.43. The van der Waals surface area contributed by atoms with Crippen molar-refractivity contribution in [2.75, 3.05) is 19.6 Å². The van der Waals surface area contributed by atoms with Crippen LogP contribution in [0.2, 0.25) is 0 Å². The molecule has 2 rings (SSSR count). The number of hydrogen-bond acceptors (Lipinski definition) is 4. The average molecular weight is 303 g/mol. The Kier molecular flexibility index (Phi) is 5.40. The van der Waals surface area contributed by atoms with E-state index in [4.69, 9.17) is 5.14 Å². The number of amides is 1. The molecule has 7 heteroatoms. The Bertz CT molecular complexity index is 432. The monoisotopic (exact) mass is 303 g/mol. The number of hydrogen-bond donors (Lipinski definition) is 2. The van der Waals surface area contributed by atoms with Gasteiger partial charge < -0.3 is 10.2 Å². The van der Waals surface area contributed by atoms with Crippen LogP contribution >= 0.6 is 0 Å². The van der Waals surface area contributed by atoms with Gasteiger partial charge in [-0.1, -0.05) is 19.3 Å². The van der Waals surface area contributed by atoms with Crippen molar-refractivity contribution in [3.8, 4) is 0 Å². The Morgan fingerprint density at radius 2 is 1.95 bits per heavy atom. The van der Waals surface area contributed by atoms with Gasteiger partial charge in [-0.15, -0.1) is 0 Å². The first kappa shape index (κ1) is 15.7. The predicted octanol–water partition coefficient (Wildman–Crippen LogP) is 0.188. The molecule has 0 bridgehead atoms. The largest absolute Gasteiger partial charge is 0.341 e. The lowest BCUT2D eigenvalue weighted by molar-refractivity contribution is -0.127. The van der Waals surface area contributed by atoms with Crippen molar-refractivity contribution in [1.29, 1.82) is 0 Å². The van der Waals surface area contributed by atoms with Gasteiger partial charge >= 0.3 is 0 Å². The molecule has 3 N–H and O–H groups in total. The van der Waals surface area contributed by atoms with Gasteiger partial charge in [0.15, 0.2) is 0 Å². The Labute approximate surface area is 121 Å². The van der Waals surface area contributed by atoms with Crippen LogP contribution in [0.25, 0.3) is 0 Å². The fourth-order valence-electron chi connectivity index (χ4n) is 3.05. The molecule has 2 aliphatic rings. The Balaban J connectivity index is 1.65. The smallest absolute Gasteiger partial charge is 0.224 e. The first-order chi connectivity index (χ1) is 9.47. The maximum absolute atomic E-state index is 11.7. The number of carbonyl (C=O) groups excluding carboxylic acids is 1. The second kappa shape index (κ2) is 6.87. The number of nitrogens with two attached hydrogens (primary N) is 1. The van der Waals surface area contributed by atoms with Crippen LogP contribution in [-0.4, -0.2) is 50.2 Å². The lowest BCUT2D eigenvalue weighted by Gasteiger charge is -2.23. The van der Waals surface area contributed by atoms with Crippen LogP contribution in [0, 0.1) is 0 Å². The van der Waals surface area contributed by atoms with Gasteiger partial charge in [-0.3, -0.25) is 4.79 Å². The zero-order chi connectivity index (χ0) is 14.6. The van der Waals surface area contributed by atoms with Gasteiger partial charge in [0.05, 0.1) is 0 Å². The molecule has 1 unspecified atom stereocenters. The summed E-state index contributed by atoms with van der Waals surface area (Å²) >= 11 is 0. The topological polar surface area (TPSA) is 92.5 Å². The second-order valence-electron chi connectivity index (χ2n) is 5.90. The second-order valence-corrected chi connectivity index (χ2v) is 7.74. The van der Waals surface area contributed by atoms with Gasteiger partial charge in [-0.25, -0.2) is 13.6 Å². The van der Waals surface area contributed by atoms with Crippen molar-refractivity contribution in [2.45, 2.75) is 56.2 Å². The van der Waals surface area contributed by atoms with E-state index in [1.54, 1.807) is 4.90 Å². The lowest BCUT2D eigenvalue weighted by Crippen LogP contribution is -2.35. The molecule has 0 aromatic carbocycles. The molecule has 2 fully saturated rings. The summed E-state index contributed by atoms with van der Waals surface area (Å²) < 4.78 is 22.5. The van der Waals surface area contributed by atoms with Crippen LogP contribution in [0.15, 0.2) is 0 Å². The standard InChI is InChI=1S/C13H25N3O3S/c14-20(18,19)12-9-13(17)16(10-12)8-4-7-15-11-5-2-1-3-6-11/h11-12,15H,1-10H2,(H2,14,18,19). The maximum Gasteiger partial charge on any atom is 0.224 e. The number of nitrogens with zero attached hydrogens (tertiary/aromatic N) is 1. The zero-order valence-electron chi connectivity index (χ0n) is 11.9. The van der Waals surface area contributed by atoms with Crippen LogP contribution in [0.4, 0.5) is 0 Å². The summed E-state index contributed by atoms with van der Waals surface area (Å²) in [4.78, 5) is 13.3. The molecule has 116 valence electrons. The molecular weight excluding hydrogens is 278 g/mol. The van der Waals surface area contributed by atoms with Crippen molar-refractivity contribution in [1.82, 2.24) is 10.2 Å². The van der Waals surface area contributed by atoms with E-state index in [1.807, 2.05) is 0 Å². The maximum atomic E-state index is 11.7. The van der Waals surface area contributed by atoms with Crippen molar-refractivity contribution in [3.63, 3.8) is 0 Å². The van der Waals surface area contributed by atoms with Crippen LogP contribution in [0.3, 0.4) is 0 Å². The van der Waals surface area contributed by atoms with Crippen LogP contribution < -0.4 is 10.5 Å². The third-order valence-corrected chi connectivity index (χ3v) is 5.53. The summed E-state index contributed by atoms with van der Waals surface area (Å²) in [5, 5.41) is 7.90. The molecule has 1 amide bonds. The van der Waals surface area contributed by atoms with E-state index >= 15 is 0 Å².